The zero-order valence-corrected chi connectivity index (χ0v) is 14.1. The van der Waals surface area contributed by atoms with Crippen molar-refractivity contribution in [2.24, 2.45) is 5.10 Å². The Bertz CT molecular complexity index is 572. The lowest BCUT2D eigenvalue weighted by Gasteiger charge is -2.03. The zero-order valence-electron chi connectivity index (χ0n) is 14.1. The largest absolute Gasteiger partial charge is 0.504 e. The number of hydrazone groups is 1. The molecule has 7 nitrogen and oxygen atoms in total. The molecule has 7 heteroatoms. The number of nitrogens with zero attached hydrogens (tertiary/aromatic N) is 1. The van der Waals surface area contributed by atoms with E-state index in [0.717, 1.165) is 25.7 Å². The summed E-state index contributed by atoms with van der Waals surface area (Å²) in [6, 6.07) is 4.78. The first-order valence-electron chi connectivity index (χ1n) is 7.82. The molecule has 0 aliphatic carbocycles. The van der Waals surface area contributed by atoms with Crippen LogP contribution < -0.4 is 10.2 Å². The van der Waals surface area contributed by atoms with Crippen molar-refractivity contribution in [2.75, 3.05) is 14.2 Å². The number of amides is 1. The number of aromatic hydroxyl groups is 1. The van der Waals surface area contributed by atoms with E-state index in [2.05, 4.69) is 15.3 Å². The van der Waals surface area contributed by atoms with Crippen molar-refractivity contribution in [2.45, 2.75) is 38.5 Å². The number of rotatable bonds is 10. The second-order valence-electron chi connectivity index (χ2n) is 5.21. The van der Waals surface area contributed by atoms with Gasteiger partial charge in [-0.15, -0.1) is 0 Å². The highest BCUT2D eigenvalue weighted by Gasteiger charge is 2.03. The molecule has 1 amide bonds. The van der Waals surface area contributed by atoms with Gasteiger partial charge in [-0.1, -0.05) is 12.8 Å². The van der Waals surface area contributed by atoms with E-state index in [1.165, 1.54) is 26.5 Å². The molecule has 1 aromatic carbocycles. The molecule has 0 unspecified atom stereocenters. The standard InChI is InChI=1S/C17H24N2O5/c1-23-15-11-13(9-10-14(15)20)12-18-19-16(21)7-5-3-4-6-8-17(22)24-2/h9-12,20H,3-8H2,1-2H3,(H,19,21)/b18-12+. The molecule has 24 heavy (non-hydrogen) atoms. The highest BCUT2D eigenvalue weighted by molar-refractivity contribution is 5.83. The SMILES string of the molecule is COC(=O)CCCCCCC(=O)N/N=C/c1ccc(O)c(OC)c1. The van der Waals surface area contributed by atoms with Crippen LogP contribution in [0.4, 0.5) is 0 Å². The second-order valence-corrected chi connectivity index (χ2v) is 5.21. The van der Waals surface area contributed by atoms with Gasteiger partial charge >= 0.3 is 5.97 Å². The Labute approximate surface area is 141 Å². The van der Waals surface area contributed by atoms with Crippen LogP contribution in [-0.4, -0.2) is 37.4 Å². The van der Waals surface area contributed by atoms with Crippen molar-refractivity contribution in [3.8, 4) is 11.5 Å². The number of ether oxygens (including phenoxy) is 2. The predicted molar refractivity (Wildman–Crippen MR) is 90.1 cm³/mol. The molecule has 1 rings (SSSR count). The molecule has 0 atom stereocenters. The van der Waals surface area contributed by atoms with E-state index in [1.54, 1.807) is 12.1 Å². The zero-order chi connectivity index (χ0) is 17.8. The van der Waals surface area contributed by atoms with Crippen molar-refractivity contribution >= 4 is 18.1 Å². The number of hydrogen-bond donors (Lipinski definition) is 2. The molecule has 0 saturated heterocycles. The maximum atomic E-state index is 11.6. The second kappa shape index (κ2) is 11.0. The summed E-state index contributed by atoms with van der Waals surface area (Å²) >= 11 is 0. The number of hydrogen-bond acceptors (Lipinski definition) is 6. The van der Waals surface area contributed by atoms with E-state index < -0.39 is 0 Å². The highest BCUT2D eigenvalue weighted by Crippen LogP contribution is 2.25. The minimum Gasteiger partial charge on any atom is -0.504 e. The van der Waals surface area contributed by atoms with Crippen LogP contribution in [0.1, 0.15) is 44.1 Å². The van der Waals surface area contributed by atoms with Crippen LogP contribution in [0.25, 0.3) is 0 Å². The summed E-state index contributed by atoms with van der Waals surface area (Å²) in [6.07, 6.45) is 5.57. The Kier molecular flexibility index (Phi) is 8.96. The van der Waals surface area contributed by atoms with E-state index in [4.69, 9.17) is 4.74 Å². The van der Waals surface area contributed by atoms with E-state index in [1.807, 2.05) is 0 Å². The maximum absolute atomic E-state index is 11.6. The molecule has 0 fully saturated rings. The Balaban J connectivity index is 2.20. The summed E-state index contributed by atoms with van der Waals surface area (Å²) in [4.78, 5) is 22.6. The fourth-order valence-electron chi connectivity index (χ4n) is 2.02. The van der Waals surface area contributed by atoms with Crippen molar-refractivity contribution in [3.63, 3.8) is 0 Å². The highest BCUT2D eigenvalue weighted by atomic mass is 16.5. The summed E-state index contributed by atoms with van der Waals surface area (Å²) in [5, 5.41) is 13.4. The van der Waals surface area contributed by atoms with Crippen molar-refractivity contribution in [1.29, 1.82) is 0 Å². The fourth-order valence-corrected chi connectivity index (χ4v) is 2.02. The van der Waals surface area contributed by atoms with Gasteiger partial charge in [0.15, 0.2) is 11.5 Å². The Morgan fingerprint density at radius 3 is 2.54 bits per heavy atom. The van der Waals surface area contributed by atoms with E-state index in [0.29, 0.717) is 24.2 Å². The number of methoxy groups -OCH3 is 2. The maximum Gasteiger partial charge on any atom is 0.305 e. The Morgan fingerprint density at radius 2 is 1.88 bits per heavy atom. The van der Waals surface area contributed by atoms with Crippen molar-refractivity contribution < 1.29 is 24.2 Å². The van der Waals surface area contributed by atoms with Gasteiger partial charge < -0.3 is 14.6 Å². The lowest BCUT2D eigenvalue weighted by molar-refractivity contribution is -0.140. The van der Waals surface area contributed by atoms with Crippen LogP contribution in [0, 0.1) is 0 Å². The molecule has 0 spiro atoms. The van der Waals surface area contributed by atoms with Crippen molar-refractivity contribution in [1.82, 2.24) is 5.43 Å². The van der Waals surface area contributed by atoms with Crippen molar-refractivity contribution in [3.05, 3.63) is 23.8 Å². The average Bonchev–Trinajstić information content (AvgIpc) is 2.59. The van der Waals surface area contributed by atoms with Gasteiger partial charge in [-0.3, -0.25) is 9.59 Å². The molecule has 2 N–H and O–H groups in total. The van der Waals surface area contributed by atoms with Gasteiger partial charge in [0.25, 0.3) is 0 Å². The first-order chi connectivity index (χ1) is 11.6. The molecule has 0 bridgehead atoms. The topological polar surface area (TPSA) is 97.2 Å². The Morgan fingerprint density at radius 1 is 1.17 bits per heavy atom. The lowest BCUT2D eigenvalue weighted by atomic mass is 10.1. The molecule has 0 radical (unpaired) electrons. The molecule has 132 valence electrons. The first kappa shape index (κ1) is 19.5. The van der Waals surface area contributed by atoms with E-state index in [-0.39, 0.29) is 17.6 Å². The summed E-state index contributed by atoms with van der Waals surface area (Å²) in [5.74, 6) is 0.0287. The van der Waals surface area contributed by atoms with Gasteiger partial charge in [0.2, 0.25) is 5.91 Å². The predicted octanol–water partition coefficient (Wildman–Crippen LogP) is 2.36. The van der Waals surface area contributed by atoms with E-state index in [9.17, 15) is 14.7 Å². The van der Waals surface area contributed by atoms with Crippen LogP contribution in [0.2, 0.25) is 0 Å². The van der Waals surface area contributed by atoms with Crippen LogP contribution in [0.3, 0.4) is 0 Å². The number of esters is 1. The molecule has 0 heterocycles. The van der Waals surface area contributed by atoms with Gasteiger partial charge in [-0.25, -0.2) is 5.43 Å². The molecule has 0 aliphatic heterocycles. The number of carbonyl (C=O) groups excluding carboxylic acids is 2. The van der Waals surface area contributed by atoms with Crippen LogP contribution >= 0.6 is 0 Å². The van der Waals surface area contributed by atoms with Gasteiger partial charge in [-0.2, -0.15) is 5.10 Å². The average molecular weight is 336 g/mol. The van der Waals surface area contributed by atoms with Crippen LogP contribution in [0.15, 0.2) is 23.3 Å². The lowest BCUT2D eigenvalue weighted by Crippen LogP contribution is -2.16. The number of carbonyl (C=O) groups is 2. The third-order valence-electron chi connectivity index (χ3n) is 3.37. The molecule has 1 aromatic rings. The third-order valence-corrected chi connectivity index (χ3v) is 3.37. The number of nitrogens with one attached hydrogen (secondary N) is 1. The van der Waals surface area contributed by atoms with Gasteiger partial charge in [0.1, 0.15) is 0 Å². The minimum atomic E-state index is -0.201. The monoisotopic (exact) mass is 336 g/mol. The van der Waals surface area contributed by atoms with Gasteiger partial charge in [-0.05, 0) is 36.6 Å². The molecular weight excluding hydrogens is 312 g/mol. The van der Waals surface area contributed by atoms with Crippen LogP contribution in [0.5, 0.6) is 11.5 Å². The van der Waals surface area contributed by atoms with Crippen LogP contribution in [-0.2, 0) is 14.3 Å². The number of phenols is 1. The minimum absolute atomic E-state index is 0.0471. The molecule has 0 saturated carbocycles. The number of phenolic OH excluding ortho intramolecular Hbond substituents is 1. The fraction of sp³-hybridized carbons (Fsp3) is 0.471. The molecular formula is C17H24N2O5. The summed E-state index contributed by atoms with van der Waals surface area (Å²) in [7, 11) is 2.84. The third kappa shape index (κ3) is 7.62. The summed E-state index contributed by atoms with van der Waals surface area (Å²) in [6.45, 7) is 0. The quantitative estimate of drug-likeness (QED) is 0.296. The molecule has 0 aromatic heterocycles. The number of unbranched alkanes of at least 4 members (excludes halogenated alkanes) is 3. The normalized spacial score (nSPS) is 10.6. The van der Waals surface area contributed by atoms with E-state index >= 15 is 0 Å². The Hall–Kier alpha value is -2.57. The van der Waals surface area contributed by atoms with Gasteiger partial charge in [0.05, 0.1) is 20.4 Å². The number of benzene rings is 1. The first-order valence-corrected chi connectivity index (χ1v) is 7.82. The smallest absolute Gasteiger partial charge is 0.305 e. The summed E-state index contributed by atoms with van der Waals surface area (Å²) in [5.41, 5.74) is 3.16. The molecule has 0 aliphatic rings. The summed E-state index contributed by atoms with van der Waals surface area (Å²) < 4.78 is 9.55. The van der Waals surface area contributed by atoms with Gasteiger partial charge in [0, 0.05) is 12.8 Å².